The number of nitrogens with two attached hydrogens (primary N) is 1. The second kappa shape index (κ2) is 7.36. The van der Waals surface area contributed by atoms with Crippen molar-refractivity contribution in [2.75, 3.05) is 6.54 Å². The van der Waals surface area contributed by atoms with Crippen LogP contribution >= 0.6 is 0 Å². The van der Waals surface area contributed by atoms with Crippen molar-refractivity contribution in [3.8, 4) is 0 Å². The maximum absolute atomic E-state index is 11.8. The van der Waals surface area contributed by atoms with Gasteiger partial charge in [-0.1, -0.05) is 13.3 Å². The van der Waals surface area contributed by atoms with Gasteiger partial charge in [-0.15, -0.1) is 0 Å². The van der Waals surface area contributed by atoms with Crippen LogP contribution in [-0.2, 0) is 9.59 Å². The first-order chi connectivity index (χ1) is 8.54. The number of carbonyl (C=O) groups excluding carboxylic acids is 2. The molecule has 0 spiro atoms. The van der Waals surface area contributed by atoms with Crippen LogP contribution in [0, 0.1) is 5.92 Å². The van der Waals surface area contributed by atoms with E-state index in [9.17, 15) is 9.59 Å². The number of amides is 2. The zero-order chi connectivity index (χ0) is 13.5. The monoisotopic (exact) mass is 255 g/mol. The van der Waals surface area contributed by atoms with Gasteiger partial charge in [0.1, 0.15) is 0 Å². The molecule has 0 aromatic carbocycles. The Hall–Kier alpha value is -1.10. The van der Waals surface area contributed by atoms with Crippen molar-refractivity contribution < 1.29 is 9.59 Å². The quantitative estimate of drug-likeness (QED) is 0.647. The fourth-order valence-corrected chi connectivity index (χ4v) is 2.19. The summed E-state index contributed by atoms with van der Waals surface area (Å²) in [6.07, 6.45) is 4.06. The molecule has 1 saturated carbocycles. The third-order valence-corrected chi connectivity index (χ3v) is 3.58. The summed E-state index contributed by atoms with van der Waals surface area (Å²) in [7, 11) is 0. The Bertz CT molecular complexity index is 294. The highest BCUT2D eigenvalue weighted by Gasteiger charge is 2.29. The first-order valence-electron chi connectivity index (χ1n) is 6.87. The molecule has 1 fully saturated rings. The molecule has 0 heterocycles. The van der Waals surface area contributed by atoms with Gasteiger partial charge in [-0.05, 0) is 26.2 Å². The van der Waals surface area contributed by atoms with Gasteiger partial charge < -0.3 is 16.4 Å². The van der Waals surface area contributed by atoms with E-state index in [0.717, 1.165) is 25.7 Å². The van der Waals surface area contributed by atoms with E-state index >= 15 is 0 Å². The van der Waals surface area contributed by atoms with Gasteiger partial charge in [0.2, 0.25) is 11.8 Å². The first kappa shape index (κ1) is 15.0. The van der Waals surface area contributed by atoms with E-state index in [1.54, 1.807) is 0 Å². The molecule has 0 radical (unpaired) electrons. The summed E-state index contributed by atoms with van der Waals surface area (Å²) >= 11 is 0. The van der Waals surface area contributed by atoms with E-state index in [1.807, 2.05) is 13.8 Å². The second-order valence-corrected chi connectivity index (χ2v) is 5.12. The molecule has 1 rings (SSSR count). The van der Waals surface area contributed by atoms with Gasteiger partial charge in [-0.2, -0.15) is 0 Å². The lowest BCUT2D eigenvalue weighted by Crippen LogP contribution is -2.40. The maximum Gasteiger partial charge on any atom is 0.224 e. The molecule has 0 saturated heterocycles. The Kier molecular flexibility index (Phi) is 6.12. The fraction of sp³-hybridized carbons (Fsp3) is 0.846. The number of carbonyl (C=O) groups is 2. The van der Waals surface area contributed by atoms with Gasteiger partial charge in [0, 0.05) is 25.0 Å². The Morgan fingerprint density at radius 2 is 2.11 bits per heavy atom. The van der Waals surface area contributed by atoms with E-state index < -0.39 is 0 Å². The summed E-state index contributed by atoms with van der Waals surface area (Å²) in [5.41, 5.74) is 5.86. The first-order valence-corrected chi connectivity index (χ1v) is 6.87. The Balaban J connectivity index is 2.17. The van der Waals surface area contributed by atoms with E-state index in [-0.39, 0.29) is 29.8 Å². The van der Waals surface area contributed by atoms with E-state index in [2.05, 4.69) is 10.6 Å². The number of rotatable bonds is 6. The van der Waals surface area contributed by atoms with Crippen LogP contribution in [0.5, 0.6) is 0 Å². The highest BCUT2D eigenvalue weighted by molar-refractivity contribution is 5.81. The zero-order valence-corrected chi connectivity index (χ0v) is 11.4. The highest BCUT2D eigenvalue weighted by atomic mass is 16.2. The minimum atomic E-state index is -0.0670. The molecule has 0 aromatic rings. The lowest BCUT2D eigenvalue weighted by atomic mass is 10.0. The number of nitrogens with one attached hydrogen (secondary N) is 2. The zero-order valence-electron chi connectivity index (χ0n) is 11.4. The lowest BCUT2D eigenvalue weighted by Gasteiger charge is -2.15. The summed E-state index contributed by atoms with van der Waals surface area (Å²) in [6.45, 7) is 4.38. The Labute approximate surface area is 109 Å². The average Bonchev–Trinajstić information content (AvgIpc) is 2.75. The minimum absolute atomic E-state index is 0.00339. The molecule has 0 aliphatic heterocycles. The summed E-state index contributed by atoms with van der Waals surface area (Å²) in [6, 6.07) is 0.176. The van der Waals surface area contributed by atoms with Crippen LogP contribution < -0.4 is 16.4 Å². The van der Waals surface area contributed by atoms with Gasteiger partial charge in [0.25, 0.3) is 0 Å². The van der Waals surface area contributed by atoms with Gasteiger partial charge in [-0.3, -0.25) is 9.59 Å². The molecular formula is C13H25N3O2. The summed E-state index contributed by atoms with van der Waals surface area (Å²) in [4.78, 5) is 23.3. The molecule has 0 aromatic heterocycles. The minimum Gasteiger partial charge on any atom is -0.355 e. The molecule has 3 atom stereocenters. The van der Waals surface area contributed by atoms with E-state index in [0.29, 0.717) is 13.0 Å². The van der Waals surface area contributed by atoms with Crippen molar-refractivity contribution in [2.45, 2.75) is 58.0 Å². The molecule has 3 unspecified atom stereocenters. The Morgan fingerprint density at radius 1 is 1.39 bits per heavy atom. The molecule has 1 aliphatic carbocycles. The summed E-state index contributed by atoms with van der Waals surface area (Å²) in [5, 5.41) is 5.66. The normalized spacial score (nSPS) is 24.6. The van der Waals surface area contributed by atoms with E-state index in [4.69, 9.17) is 5.73 Å². The topological polar surface area (TPSA) is 84.2 Å². The average molecular weight is 255 g/mol. The molecule has 0 bridgehead atoms. The van der Waals surface area contributed by atoms with Crippen molar-refractivity contribution >= 4 is 11.8 Å². The summed E-state index contributed by atoms with van der Waals surface area (Å²) in [5.74, 6) is -0.0839. The third-order valence-electron chi connectivity index (χ3n) is 3.58. The van der Waals surface area contributed by atoms with Gasteiger partial charge in [-0.25, -0.2) is 0 Å². The van der Waals surface area contributed by atoms with Crippen LogP contribution in [0.3, 0.4) is 0 Å². The standard InChI is InChI=1S/C13H25N3O2/c1-3-9(2)16-12(17)7-8-15-13(18)10-5-4-6-11(10)14/h9-11H,3-8,14H2,1-2H3,(H,15,18)(H,16,17). The lowest BCUT2D eigenvalue weighted by molar-refractivity contribution is -0.125. The van der Waals surface area contributed by atoms with Gasteiger partial charge in [0.05, 0.1) is 5.92 Å². The predicted molar refractivity (Wildman–Crippen MR) is 70.8 cm³/mol. The van der Waals surface area contributed by atoms with Crippen LogP contribution in [0.25, 0.3) is 0 Å². The fourth-order valence-electron chi connectivity index (χ4n) is 2.19. The molecule has 4 N–H and O–H groups in total. The van der Waals surface area contributed by atoms with Crippen molar-refractivity contribution in [3.63, 3.8) is 0 Å². The van der Waals surface area contributed by atoms with Crippen LogP contribution in [0.4, 0.5) is 0 Å². The largest absolute Gasteiger partial charge is 0.355 e. The van der Waals surface area contributed by atoms with Crippen molar-refractivity contribution in [3.05, 3.63) is 0 Å². The molecule has 1 aliphatic rings. The van der Waals surface area contributed by atoms with Crippen LogP contribution in [-0.4, -0.2) is 30.4 Å². The predicted octanol–water partition coefficient (Wildman–Crippen LogP) is 0.535. The Morgan fingerprint density at radius 3 is 2.67 bits per heavy atom. The molecule has 104 valence electrons. The molecule has 2 amide bonds. The van der Waals surface area contributed by atoms with Crippen molar-refractivity contribution in [1.29, 1.82) is 0 Å². The smallest absolute Gasteiger partial charge is 0.224 e. The van der Waals surface area contributed by atoms with Crippen LogP contribution in [0.1, 0.15) is 46.0 Å². The van der Waals surface area contributed by atoms with Gasteiger partial charge in [0.15, 0.2) is 0 Å². The van der Waals surface area contributed by atoms with Crippen molar-refractivity contribution in [1.82, 2.24) is 10.6 Å². The second-order valence-electron chi connectivity index (χ2n) is 5.12. The van der Waals surface area contributed by atoms with Crippen molar-refractivity contribution in [2.24, 2.45) is 11.7 Å². The highest BCUT2D eigenvalue weighted by Crippen LogP contribution is 2.23. The number of hydrogen-bond donors (Lipinski definition) is 3. The van der Waals surface area contributed by atoms with Gasteiger partial charge >= 0.3 is 0 Å². The number of hydrogen-bond acceptors (Lipinski definition) is 3. The van der Waals surface area contributed by atoms with Crippen LogP contribution in [0.15, 0.2) is 0 Å². The molecule has 5 nitrogen and oxygen atoms in total. The van der Waals surface area contributed by atoms with Crippen LogP contribution in [0.2, 0.25) is 0 Å². The summed E-state index contributed by atoms with van der Waals surface area (Å²) < 4.78 is 0. The molecular weight excluding hydrogens is 230 g/mol. The molecule has 5 heteroatoms. The molecule has 18 heavy (non-hydrogen) atoms. The maximum atomic E-state index is 11.8. The SMILES string of the molecule is CCC(C)NC(=O)CCNC(=O)C1CCCC1N. The third kappa shape index (κ3) is 4.64. The van der Waals surface area contributed by atoms with E-state index in [1.165, 1.54) is 0 Å².